The molecular formula is C17H21N3O3S. The molecule has 7 heteroatoms. The fraction of sp³-hybridized carbons (Fsp3) is 0.294. The Morgan fingerprint density at radius 2 is 1.88 bits per heavy atom. The molecule has 0 aliphatic carbocycles. The maximum Gasteiger partial charge on any atom is 0.233 e. The number of nitrogens with one attached hydrogen (secondary N) is 2. The van der Waals surface area contributed by atoms with E-state index < -0.39 is 15.9 Å². The molecule has 128 valence electrons. The highest BCUT2D eigenvalue weighted by Gasteiger charge is 2.21. The molecule has 0 saturated carbocycles. The Morgan fingerprint density at radius 1 is 1.17 bits per heavy atom. The molecule has 1 heterocycles. The average Bonchev–Trinajstić information content (AvgIpc) is 2.55. The van der Waals surface area contributed by atoms with Crippen LogP contribution in [0.4, 0.5) is 5.69 Å². The first-order chi connectivity index (χ1) is 11.4. The molecule has 1 amide bonds. The molecule has 2 N–H and O–H groups in total. The van der Waals surface area contributed by atoms with Crippen molar-refractivity contribution in [2.75, 3.05) is 10.5 Å². The first kappa shape index (κ1) is 17.9. The normalized spacial score (nSPS) is 12.4. The standard InChI is InChI=1S/C17H21N3O3S/c1-13-6-8-15(9-7-13)20-24(22,23)12-14(2)17(21)19-11-16-5-3-4-10-18-16/h3-10,14,20H,11-12H2,1-2H3,(H,19,21). The van der Waals surface area contributed by atoms with Gasteiger partial charge in [-0.1, -0.05) is 30.7 Å². The zero-order valence-corrected chi connectivity index (χ0v) is 14.5. The molecular weight excluding hydrogens is 326 g/mol. The SMILES string of the molecule is Cc1ccc(NS(=O)(=O)CC(C)C(=O)NCc2ccccn2)cc1. The third kappa shape index (κ3) is 5.66. The van der Waals surface area contributed by atoms with E-state index in [1.807, 2.05) is 25.1 Å². The number of anilines is 1. The van der Waals surface area contributed by atoms with Crippen LogP contribution in [0.2, 0.25) is 0 Å². The third-order valence-electron chi connectivity index (χ3n) is 3.41. The van der Waals surface area contributed by atoms with Crippen LogP contribution in [0.15, 0.2) is 48.7 Å². The highest BCUT2D eigenvalue weighted by Crippen LogP contribution is 2.12. The second-order valence-corrected chi connectivity index (χ2v) is 7.46. The number of aryl methyl sites for hydroxylation is 1. The lowest BCUT2D eigenvalue weighted by molar-refractivity contribution is -0.124. The van der Waals surface area contributed by atoms with Gasteiger partial charge in [-0.3, -0.25) is 14.5 Å². The zero-order chi connectivity index (χ0) is 17.6. The predicted octanol–water partition coefficient (Wildman–Crippen LogP) is 2.08. The number of sulfonamides is 1. The van der Waals surface area contributed by atoms with Gasteiger partial charge in [-0.2, -0.15) is 0 Å². The van der Waals surface area contributed by atoms with E-state index in [1.54, 1.807) is 37.4 Å². The Kier molecular flexibility index (Phi) is 5.92. The van der Waals surface area contributed by atoms with Crippen LogP contribution < -0.4 is 10.0 Å². The Hall–Kier alpha value is -2.41. The number of amides is 1. The summed E-state index contributed by atoms with van der Waals surface area (Å²) in [6.07, 6.45) is 1.64. The monoisotopic (exact) mass is 347 g/mol. The number of hydrogen-bond acceptors (Lipinski definition) is 4. The second kappa shape index (κ2) is 7.92. The van der Waals surface area contributed by atoms with Gasteiger partial charge in [0.15, 0.2) is 0 Å². The Bertz CT molecular complexity index is 774. The van der Waals surface area contributed by atoms with Gasteiger partial charge in [-0.15, -0.1) is 0 Å². The molecule has 6 nitrogen and oxygen atoms in total. The number of hydrogen-bond donors (Lipinski definition) is 2. The van der Waals surface area contributed by atoms with Gasteiger partial charge in [0.2, 0.25) is 15.9 Å². The van der Waals surface area contributed by atoms with Gasteiger partial charge in [0.1, 0.15) is 0 Å². The molecule has 2 aromatic rings. The molecule has 0 aliphatic heterocycles. The van der Waals surface area contributed by atoms with Crippen LogP contribution in [-0.2, 0) is 21.4 Å². The second-order valence-electron chi connectivity index (χ2n) is 5.69. The minimum absolute atomic E-state index is 0.273. The average molecular weight is 347 g/mol. The first-order valence-electron chi connectivity index (χ1n) is 7.60. The summed E-state index contributed by atoms with van der Waals surface area (Å²) in [5.74, 6) is -1.28. The molecule has 1 aromatic heterocycles. The van der Waals surface area contributed by atoms with Gasteiger partial charge in [-0.05, 0) is 31.2 Å². The smallest absolute Gasteiger partial charge is 0.233 e. The number of rotatable bonds is 7. The van der Waals surface area contributed by atoms with Crippen molar-refractivity contribution in [2.24, 2.45) is 5.92 Å². The summed E-state index contributed by atoms with van der Waals surface area (Å²) >= 11 is 0. The van der Waals surface area contributed by atoms with E-state index in [0.29, 0.717) is 5.69 Å². The van der Waals surface area contributed by atoms with Gasteiger partial charge in [0, 0.05) is 11.9 Å². The summed E-state index contributed by atoms with van der Waals surface area (Å²) in [7, 11) is -3.60. The fourth-order valence-corrected chi connectivity index (χ4v) is 3.49. The summed E-state index contributed by atoms with van der Waals surface area (Å²) in [4.78, 5) is 16.2. The lowest BCUT2D eigenvalue weighted by Crippen LogP contribution is -2.34. The van der Waals surface area contributed by atoms with Crippen LogP contribution in [-0.4, -0.2) is 25.1 Å². The molecule has 0 radical (unpaired) electrons. The largest absolute Gasteiger partial charge is 0.350 e. The van der Waals surface area contributed by atoms with Crippen LogP contribution in [0.5, 0.6) is 0 Å². The summed E-state index contributed by atoms with van der Waals surface area (Å²) in [5.41, 5.74) is 2.25. The van der Waals surface area contributed by atoms with E-state index in [4.69, 9.17) is 0 Å². The molecule has 0 bridgehead atoms. The molecule has 0 spiro atoms. The highest BCUT2D eigenvalue weighted by atomic mass is 32.2. The number of carbonyl (C=O) groups is 1. The molecule has 2 rings (SSSR count). The van der Waals surface area contributed by atoms with Gasteiger partial charge in [-0.25, -0.2) is 8.42 Å². The van der Waals surface area contributed by atoms with E-state index in [0.717, 1.165) is 11.3 Å². The maximum atomic E-state index is 12.2. The van der Waals surface area contributed by atoms with Crippen molar-refractivity contribution in [1.82, 2.24) is 10.3 Å². The van der Waals surface area contributed by atoms with E-state index in [2.05, 4.69) is 15.0 Å². The minimum atomic E-state index is -3.60. The number of pyridine rings is 1. The summed E-state index contributed by atoms with van der Waals surface area (Å²) in [6, 6.07) is 12.4. The predicted molar refractivity (Wildman–Crippen MR) is 93.8 cm³/mol. The van der Waals surface area contributed by atoms with Crippen LogP contribution in [0, 0.1) is 12.8 Å². The van der Waals surface area contributed by atoms with E-state index in [9.17, 15) is 13.2 Å². The maximum absolute atomic E-state index is 12.2. The molecule has 0 fully saturated rings. The van der Waals surface area contributed by atoms with Gasteiger partial charge in [0.05, 0.1) is 23.9 Å². The van der Waals surface area contributed by atoms with Crippen LogP contribution in [0.25, 0.3) is 0 Å². The lowest BCUT2D eigenvalue weighted by atomic mass is 10.2. The molecule has 1 unspecified atom stereocenters. The number of carbonyl (C=O) groups excluding carboxylic acids is 1. The van der Waals surface area contributed by atoms with Crippen molar-refractivity contribution in [3.8, 4) is 0 Å². The van der Waals surface area contributed by atoms with Gasteiger partial charge >= 0.3 is 0 Å². The Labute approximate surface area is 142 Å². The third-order valence-corrected chi connectivity index (χ3v) is 4.90. The van der Waals surface area contributed by atoms with E-state index >= 15 is 0 Å². The van der Waals surface area contributed by atoms with Crippen molar-refractivity contribution < 1.29 is 13.2 Å². The molecule has 0 aliphatic rings. The van der Waals surface area contributed by atoms with E-state index in [-0.39, 0.29) is 18.2 Å². The van der Waals surface area contributed by atoms with Crippen LogP contribution >= 0.6 is 0 Å². The van der Waals surface area contributed by atoms with E-state index in [1.165, 1.54) is 0 Å². The van der Waals surface area contributed by atoms with Crippen molar-refractivity contribution in [1.29, 1.82) is 0 Å². The topological polar surface area (TPSA) is 88.2 Å². The van der Waals surface area contributed by atoms with Crippen molar-refractivity contribution in [3.63, 3.8) is 0 Å². The van der Waals surface area contributed by atoms with Gasteiger partial charge in [0.25, 0.3) is 0 Å². The first-order valence-corrected chi connectivity index (χ1v) is 9.26. The number of nitrogens with zero attached hydrogens (tertiary/aromatic N) is 1. The molecule has 0 saturated heterocycles. The van der Waals surface area contributed by atoms with Crippen LogP contribution in [0.1, 0.15) is 18.2 Å². The zero-order valence-electron chi connectivity index (χ0n) is 13.7. The lowest BCUT2D eigenvalue weighted by Gasteiger charge is -2.14. The quantitative estimate of drug-likeness (QED) is 0.803. The molecule has 1 atom stereocenters. The van der Waals surface area contributed by atoms with Crippen molar-refractivity contribution in [2.45, 2.75) is 20.4 Å². The minimum Gasteiger partial charge on any atom is -0.350 e. The van der Waals surface area contributed by atoms with Crippen LogP contribution in [0.3, 0.4) is 0 Å². The Balaban J connectivity index is 1.88. The molecule has 24 heavy (non-hydrogen) atoms. The fourth-order valence-electron chi connectivity index (χ4n) is 2.10. The summed E-state index contributed by atoms with van der Waals surface area (Å²) in [6.45, 7) is 3.78. The van der Waals surface area contributed by atoms with Gasteiger partial charge < -0.3 is 5.32 Å². The Morgan fingerprint density at radius 3 is 2.50 bits per heavy atom. The number of benzene rings is 1. The van der Waals surface area contributed by atoms with Crippen molar-refractivity contribution >= 4 is 21.6 Å². The molecule has 1 aromatic carbocycles. The summed E-state index contributed by atoms with van der Waals surface area (Å²) in [5, 5.41) is 2.70. The summed E-state index contributed by atoms with van der Waals surface area (Å²) < 4.78 is 26.8. The van der Waals surface area contributed by atoms with Crippen molar-refractivity contribution in [3.05, 3.63) is 59.9 Å². The highest BCUT2D eigenvalue weighted by molar-refractivity contribution is 7.92. The number of aromatic nitrogens is 1.